The van der Waals surface area contributed by atoms with Crippen LogP contribution < -0.4 is 0 Å². The maximum Gasteiger partial charge on any atom is 0.139 e. The lowest BCUT2D eigenvalue weighted by Gasteiger charge is -2.32. The second-order valence-corrected chi connectivity index (χ2v) is 4.32. The summed E-state index contributed by atoms with van der Waals surface area (Å²) in [7, 11) is 2.11. The monoisotopic (exact) mass is 229 g/mol. The molecule has 0 aromatic heterocycles. The molecule has 0 aromatic rings. The molecule has 0 saturated carbocycles. The molecule has 66 valence electrons. The van der Waals surface area contributed by atoms with Gasteiger partial charge >= 0.3 is 0 Å². The van der Waals surface area contributed by atoms with E-state index in [1.165, 1.54) is 5.70 Å². The maximum atomic E-state index is 5.54. The number of hydrogen-bond donors (Lipinski definition) is 0. The third kappa shape index (κ3) is 1.38. The summed E-state index contributed by atoms with van der Waals surface area (Å²) in [6, 6.07) is 0. The lowest BCUT2D eigenvalue weighted by molar-refractivity contribution is 0.139. The van der Waals surface area contributed by atoms with Gasteiger partial charge in [-0.05, 0) is 12.5 Å². The first kappa shape index (κ1) is 8.17. The molecule has 1 atom stereocenters. The average molecular weight is 230 g/mol. The summed E-state index contributed by atoms with van der Waals surface area (Å²) < 4.78 is 5.54. The van der Waals surface area contributed by atoms with Crippen LogP contribution in [0.3, 0.4) is 0 Å². The smallest absolute Gasteiger partial charge is 0.139 e. The fourth-order valence-electron chi connectivity index (χ4n) is 1.52. The van der Waals surface area contributed by atoms with Crippen molar-refractivity contribution in [1.82, 2.24) is 4.90 Å². The highest BCUT2D eigenvalue weighted by molar-refractivity contribution is 9.09. The Morgan fingerprint density at radius 3 is 3.33 bits per heavy atom. The molecular weight excluding hydrogens is 218 g/mol. The van der Waals surface area contributed by atoms with Crippen LogP contribution in [-0.4, -0.2) is 29.9 Å². The zero-order valence-electron chi connectivity index (χ0n) is 7.09. The minimum atomic E-state index is 0.447. The van der Waals surface area contributed by atoms with E-state index < -0.39 is 0 Å². The van der Waals surface area contributed by atoms with Gasteiger partial charge in [0.25, 0.3) is 0 Å². The molecule has 2 rings (SSSR count). The highest BCUT2D eigenvalue weighted by Crippen LogP contribution is 2.28. The summed E-state index contributed by atoms with van der Waals surface area (Å²) in [4.78, 5) is 2.69. The zero-order chi connectivity index (χ0) is 8.55. The van der Waals surface area contributed by atoms with Crippen molar-refractivity contribution in [2.45, 2.75) is 11.2 Å². The van der Waals surface area contributed by atoms with E-state index in [1.54, 1.807) is 0 Å². The van der Waals surface area contributed by atoms with Crippen molar-refractivity contribution in [1.29, 1.82) is 0 Å². The zero-order valence-corrected chi connectivity index (χ0v) is 8.67. The van der Waals surface area contributed by atoms with Gasteiger partial charge in [0.15, 0.2) is 0 Å². The molecule has 3 heteroatoms. The van der Waals surface area contributed by atoms with Gasteiger partial charge in [0.05, 0.1) is 12.2 Å². The predicted molar refractivity (Wildman–Crippen MR) is 52.1 cm³/mol. The van der Waals surface area contributed by atoms with Crippen LogP contribution in [0.25, 0.3) is 0 Å². The molecule has 0 aromatic carbocycles. The van der Waals surface area contributed by atoms with Crippen molar-refractivity contribution >= 4 is 15.9 Å². The molecule has 1 unspecified atom stereocenters. The van der Waals surface area contributed by atoms with Crippen molar-refractivity contribution in [2.24, 2.45) is 0 Å². The van der Waals surface area contributed by atoms with E-state index in [1.807, 2.05) is 0 Å². The van der Waals surface area contributed by atoms with Gasteiger partial charge < -0.3 is 9.64 Å². The lowest BCUT2D eigenvalue weighted by Crippen LogP contribution is -2.31. The number of halogens is 1. The number of fused-ring (bicyclic) bond motifs is 1. The quantitative estimate of drug-likeness (QED) is 0.589. The molecule has 2 aliphatic rings. The largest absolute Gasteiger partial charge is 0.490 e. The van der Waals surface area contributed by atoms with Gasteiger partial charge in [-0.15, -0.1) is 0 Å². The number of allylic oxidation sites excluding steroid dienone is 2. The summed E-state index contributed by atoms with van der Waals surface area (Å²) in [5, 5.41) is 0. The number of morpholine rings is 1. The number of nitrogens with zero attached hydrogens (tertiary/aromatic N) is 1. The Morgan fingerprint density at radius 1 is 1.67 bits per heavy atom. The van der Waals surface area contributed by atoms with Crippen molar-refractivity contribution in [3.05, 3.63) is 23.6 Å². The van der Waals surface area contributed by atoms with Crippen LogP contribution in [0.5, 0.6) is 0 Å². The van der Waals surface area contributed by atoms with E-state index in [4.69, 9.17) is 4.74 Å². The Morgan fingerprint density at radius 2 is 2.50 bits per heavy atom. The van der Waals surface area contributed by atoms with Crippen LogP contribution in [0.2, 0.25) is 0 Å². The van der Waals surface area contributed by atoms with Crippen LogP contribution in [0.1, 0.15) is 6.42 Å². The minimum absolute atomic E-state index is 0.447. The lowest BCUT2D eigenvalue weighted by atomic mass is 10.1. The third-order valence-electron chi connectivity index (χ3n) is 2.22. The fraction of sp³-hybridized carbons (Fsp3) is 0.556. The fourth-order valence-corrected chi connectivity index (χ4v) is 1.95. The van der Waals surface area contributed by atoms with Crippen LogP contribution in [0.4, 0.5) is 0 Å². The Bertz CT molecular complexity index is 247. The summed E-state index contributed by atoms with van der Waals surface area (Å²) in [6.45, 7) is 1.80. The molecule has 0 radical (unpaired) electrons. The normalized spacial score (nSPS) is 28.5. The molecule has 0 amide bonds. The molecule has 0 spiro atoms. The Kier molecular flexibility index (Phi) is 2.13. The molecule has 1 fully saturated rings. The summed E-state index contributed by atoms with van der Waals surface area (Å²) >= 11 is 3.55. The average Bonchev–Trinajstić information content (AvgIpc) is 2.04. The topological polar surface area (TPSA) is 12.5 Å². The molecule has 1 aliphatic heterocycles. The van der Waals surface area contributed by atoms with Crippen molar-refractivity contribution in [3.63, 3.8) is 0 Å². The Labute approximate surface area is 81.0 Å². The summed E-state index contributed by atoms with van der Waals surface area (Å²) in [5.41, 5.74) is 1.25. The van der Waals surface area contributed by atoms with E-state index in [9.17, 15) is 0 Å². The summed E-state index contributed by atoms with van der Waals surface area (Å²) in [5.74, 6) is 1.04. The molecule has 0 N–H and O–H groups in total. The number of likely N-dealkylation sites (N-methyl/N-ethyl adjacent to an activating group) is 1. The third-order valence-corrected chi connectivity index (χ3v) is 2.85. The van der Waals surface area contributed by atoms with Crippen LogP contribution in [0, 0.1) is 0 Å². The van der Waals surface area contributed by atoms with Gasteiger partial charge in [0.2, 0.25) is 0 Å². The van der Waals surface area contributed by atoms with E-state index in [0.717, 1.165) is 25.3 Å². The van der Waals surface area contributed by atoms with E-state index in [0.29, 0.717) is 4.83 Å². The molecular formula is C9H12BrNO. The highest BCUT2D eigenvalue weighted by Gasteiger charge is 2.21. The first-order chi connectivity index (χ1) is 5.77. The van der Waals surface area contributed by atoms with Gasteiger partial charge in [0.1, 0.15) is 12.4 Å². The van der Waals surface area contributed by atoms with Crippen LogP contribution in [0.15, 0.2) is 23.6 Å². The molecule has 0 bridgehead atoms. The second-order valence-electron chi connectivity index (χ2n) is 3.14. The van der Waals surface area contributed by atoms with Gasteiger partial charge in [0, 0.05) is 11.9 Å². The molecule has 1 heterocycles. The van der Waals surface area contributed by atoms with Crippen LogP contribution >= 0.6 is 15.9 Å². The first-order valence-corrected chi connectivity index (χ1v) is 5.09. The van der Waals surface area contributed by atoms with Gasteiger partial charge in [-0.2, -0.15) is 0 Å². The maximum absolute atomic E-state index is 5.54. The number of hydrogen-bond acceptors (Lipinski definition) is 2. The predicted octanol–water partition coefficient (Wildman–Crippen LogP) is 1.88. The van der Waals surface area contributed by atoms with Gasteiger partial charge in [-0.1, -0.05) is 22.0 Å². The molecule has 1 aliphatic carbocycles. The highest BCUT2D eigenvalue weighted by atomic mass is 79.9. The van der Waals surface area contributed by atoms with Gasteiger partial charge in [-0.25, -0.2) is 0 Å². The van der Waals surface area contributed by atoms with Crippen molar-refractivity contribution in [3.8, 4) is 0 Å². The number of rotatable bonds is 0. The second kappa shape index (κ2) is 3.13. The van der Waals surface area contributed by atoms with Crippen molar-refractivity contribution in [2.75, 3.05) is 20.2 Å². The standard InChI is InChI=1S/C9H12BrNO/c1-11-4-5-12-9-6-7(10)2-3-8(9)11/h3,6-7H,2,4-5H2,1H3. The molecule has 12 heavy (non-hydrogen) atoms. The van der Waals surface area contributed by atoms with Crippen molar-refractivity contribution < 1.29 is 4.74 Å². The SMILES string of the molecule is CN1CCOC2=CC(Br)CC=C21. The van der Waals surface area contributed by atoms with E-state index >= 15 is 0 Å². The Hall–Kier alpha value is -0.440. The number of alkyl halides is 1. The number of ether oxygens (including phenoxy) is 1. The minimum Gasteiger partial charge on any atom is -0.490 e. The van der Waals surface area contributed by atoms with Gasteiger partial charge in [-0.3, -0.25) is 0 Å². The van der Waals surface area contributed by atoms with E-state index in [-0.39, 0.29) is 0 Å². The van der Waals surface area contributed by atoms with Crippen LogP contribution in [-0.2, 0) is 4.74 Å². The first-order valence-electron chi connectivity index (χ1n) is 4.18. The molecule has 2 nitrogen and oxygen atoms in total. The molecule has 1 saturated heterocycles. The summed E-state index contributed by atoms with van der Waals surface area (Å²) in [6.07, 6.45) is 5.44. The Balaban J connectivity index is 2.24. The van der Waals surface area contributed by atoms with E-state index in [2.05, 4.69) is 40.0 Å².